The van der Waals surface area contributed by atoms with E-state index in [1.54, 1.807) is 32.2 Å². The maximum atomic E-state index is 13.4. The van der Waals surface area contributed by atoms with Gasteiger partial charge in [0.05, 0.1) is 17.5 Å². The molecule has 1 spiro atoms. The molecule has 6 atom stereocenters. The molecule has 1 amide bonds. The van der Waals surface area contributed by atoms with Crippen LogP contribution in [0.2, 0.25) is 5.02 Å². The van der Waals surface area contributed by atoms with E-state index in [1.165, 1.54) is 62.9 Å². The first-order valence-corrected chi connectivity index (χ1v) is 22.1. The number of likely N-dealkylation sites (tertiary alicyclic amines) is 1. The standard InChI is InChI=1S/C34H41ClN2O6S.C9H19N/c1-22-6-4-15-34(20-38,42-3)29-11-8-26(29)18-37-19-33(14-5-7-24-16-27(35)10-12-28(24)33)21-43-31-13-9-25(17-30(31)37)32(39)36-44(40,41)23(22)2;1-2-3-7-10-8-5-4-6-9-10/h4,9-10,12-13,15-17,20,22-23,26,29H,5-8,11,14,18-19,21H2,1-3H3,(H,36,39);2-9H2,1H3/b15-4+;/t22-,23+,26-,29+,33-,34+;/m0./s1. The molecule has 2 aromatic rings. The highest BCUT2D eigenvalue weighted by Gasteiger charge is 2.49. The van der Waals surface area contributed by atoms with Gasteiger partial charge in [0.25, 0.3) is 5.91 Å². The van der Waals surface area contributed by atoms with E-state index in [-0.39, 0.29) is 28.7 Å². The van der Waals surface area contributed by atoms with E-state index >= 15 is 0 Å². The number of carbonyl (C=O) groups is 2. The molecule has 7 rings (SSSR count). The van der Waals surface area contributed by atoms with Crippen molar-refractivity contribution in [3.63, 3.8) is 0 Å². The van der Waals surface area contributed by atoms with Crippen LogP contribution in [0.15, 0.2) is 48.6 Å². The summed E-state index contributed by atoms with van der Waals surface area (Å²) in [5.41, 5.74) is 2.05. The van der Waals surface area contributed by atoms with Crippen LogP contribution < -0.4 is 14.4 Å². The fourth-order valence-corrected chi connectivity index (χ4v) is 10.7. The molecule has 1 saturated carbocycles. The smallest absolute Gasteiger partial charge is 0.264 e. The second-order valence-electron chi connectivity index (χ2n) is 16.5. The first-order valence-electron chi connectivity index (χ1n) is 20.2. The van der Waals surface area contributed by atoms with E-state index in [4.69, 9.17) is 21.1 Å². The zero-order valence-electron chi connectivity index (χ0n) is 32.7. The number of aldehydes is 1. The number of rotatable bonds is 5. The van der Waals surface area contributed by atoms with Crippen molar-refractivity contribution < 1.29 is 27.5 Å². The molecule has 0 aromatic heterocycles. The van der Waals surface area contributed by atoms with E-state index in [9.17, 15) is 18.0 Å². The van der Waals surface area contributed by atoms with Crippen LogP contribution in [0.25, 0.3) is 0 Å². The average molecular weight is 782 g/mol. The number of nitrogens with one attached hydrogen (secondary N) is 1. The van der Waals surface area contributed by atoms with Crippen LogP contribution >= 0.6 is 11.6 Å². The number of halogens is 1. The van der Waals surface area contributed by atoms with Crippen molar-refractivity contribution in [2.24, 2.45) is 17.8 Å². The van der Waals surface area contributed by atoms with Crippen LogP contribution in [0, 0.1) is 17.8 Å². The molecular weight excluding hydrogens is 722 g/mol. The number of unbranched alkanes of at least 4 members (excludes halogenated alkanes) is 1. The second-order valence-corrected chi connectivity index (χ2v) is 18.9. The number of amides is 1. The van der Waals surface area contributed by atoms with E-state index < -0.39 is 26.8 Å². The fourth-order valence-electron chi connectivity index (χ4n) is 9.25. The minimum absolute atomic E-state index is 0.0434. The number of piperidine rings is 1. The third kappa shape index (κ3) is 8.72. The highest BCUT2D eigenvalue weighted by molar-refractivity contribution is 7.90. The lowest BCUT2D eigenvalue weighted by atomic mass is 9.64. The first kappa shape index (κ1) is 40.7. The molecule has 3 heterocycles. The van der Waals surface area contributed by atoms with E-state index in [2.05, 4.69) is 33.6 Å². The molecule has 1 N–H and O–H groups in total. The van der Waals surface area contributed by atoms with Crippen LogP contribution in [0.5, 0.6) is 5.75 Å². The lowest BCUT2D eigenvalue weighted by Gasteiger charge is -2.48. The molecule has 296 valence electrons. The van der Waals surface area contributed by atoms with Gasteiger partial charge in [0.15, 0.2) is 6.29 Å². The van der Waals surface area contributed by atoms with Crippen LogP contribution in [-0.2, 0) is 31.4 Å². The van der Waals surface area contributed by atoms with Crippen molar-refractivity contribution in [3.8, 4) is 5.75 Å². The minimum Gasteiger partial charge on any atom is -0.490 e. The van der Waals surface area contributed by atoms with Gasteiger partial charge in [-0.1, -0.05) is 50.4 Å². The number of benzene rings is 2. The van der Waals surface area contributed by atoms with Crippen molar-refractivity contribution in [3.05, 3.63) is 70.3 Å². The van der Waals surface area contributed by atoms with Gasteiger partial charge in [0.1, 0.15) is 11.4 Å². The van der Waals surface area contributed by atoms with Crippen molar-refractivity contribution in [2.75, 3.05) is 51.3 Å². The molecule has 3 aliphatic heterocycles. The van der Waals surface area contributed by atoms with E-state index in [1.807, 2.05) is 25.1 Å². The molecular formula is C43H60ClN3O6S. The van der Waals surface area contributed by atoms with Gasteiger partial charge >= 0.3 is 0 Å². The number of sulfonamides is 1. The Balaban J connectivity index is 0.000000432. The molecule has 1 saturated heterocycles. The normalized spacial score (nSPS) is 31.6. The Morgan fingerprint density at radius 2 is 1.87 bits per heavy atom. The SMILES string of the molecule is CCCCN1CCCCC1.CO[C@@]1(C=O)/C=C/C[C@H](C)[C@@H](C)S(=O)(=O)NC(=O)c2ccc3c(c2)N(C[C@@H]2CC[C@H]21)C[C@@]1(CCCc2cc(Cl)ccc21)CO3. The molecule has 11 heteroatoms. The Hall–Kier alpha value is -2.92. The van der Waals surface area contributed by atoms with Gasteiger partial charge in [-0.15, -0.1) is 0 Å². The maximum absolute atomic E-state index is 13.4. The number of hydrogen-bond acceptors (Lipinski definition) is 8. The lowest BCUT2D eigenvalue weighted by Crippen LogP contribution is -2.53. The van der Waals surface area contributed by atoms with Gasteiger partial charge in [-0.2, -0.15) is 0 Å². The number of nitrogens with zero attached hydrogens (tertiary/aromatic N) is 2. The van der Waals surface area contributed by atoms with Gasteiger partial charge in [-0.25, -0.2) is 13.1 Å². The summed E-state index contributed by atoms with van der Waals surface area (Å²) in [6, 6.07) is 11.3. The molecule has 9 nitrogen and oxygen atoms in total. The molecule has 2 bridgehead atoms. The van der Waals surface area contributed by atoms with Crippen LogP contribution in [0.1, 0.15) is 106 Å². The summed E-state index contributed by atoms with van der Waals surface area (Å²) in [5, 5.41) is -0.123. The van der Waals surface area contributed by atoms with Crippen molar-refractivity contribution in [1.29, 1.82) is 0 Å². The Kier molecular flexibility index (Phi) is 13.2. The Morgan fingerprint density at radius 3 is 2.57 bits per heavy atom. The van der Waals surface area contributed by atoms with Crippen LogP contribution in [-0.4, -0.2) is 82.8 Å². The Bertz CT molecular complexity index is 1780. The average Bonchev–Trinajstić information content (AvgIpc) is 3.31. The Labute approximate surface area is 328 Å². The monoisotopic (exact) mass is 781 g/mol. The number of carbonyl (C=O) groups excluding carboxylic acids is 2. The predicted molar refractivity (Wildman–Crippen MR) is 216 cm³/mol. The van der Waals surface area contributed by atoms with Crippen molar-refractivity contribution >= 4 is 39.5 Å². The molecule has 2 fully saturated rings. The van der Waals surface area contributed by atoms with E-state index in [0.29, 0.717) is 36.9 Å². The molecule has 54 heavy (non-hydrogen) atoms. The highest BCUT2D eigenvalue weighted by atomic mass is 35.5. The maximum Gasteiger partial charge on any atom is 0.264 e. The zero-order valence-corrected chi connectivity index (χ0v) is 34.2. The number of methoxy groups -OCH3 is 1. The summed E-state index contributed by atoms with van der Waals surface area (Å²) in [4.78, 5) is 31.0. The lowest BCUT2D eigenvalue weighted by molar-refractivity contribution is -0.135. The quantitative estimate of drug-likeness (QED) is 0.243. The topological polar surface area (TPSA) is 105 Å². The van der Waals surface area contributed by atoms with E-state index in [0.717, 1.165) is 44.1 Å². The number of hydrogen-bond donors (Lipinski definition) is 1. The number of aryl methyl sites for hydroxylation is 1. The number of ether oxygens (including phenoxy) is 2. The predicted octanol–water partition coefficient (Wildman–Crippen LogP) is 7.74. The third-order valence-corrected chi connectivity index (χ3v) is 15.1. The number of fused-ring (bicyclic) bond motifs is 4. The Morgan fingerprint density at radius 1 is 1.07 bits per heavy atom. The first-order chi connectivity index (χ1) is 25.9. The third-order valence-electron chi connectivity index (χ3n) is 13.0. The zero-order chi connectivity index (χ0) is 38.5. The fraction of sp³-hybridized carbons (Fsp3) is 0.628. The number of allylic oxidation sites excluding steroid dienone is 1. The summed E-state index contributed by atoms with van der Waals surface area (Å²) in [6.07, 6.45) is 16.7. The minimum atomic E-state index is -3.97. The molecule has 5 aliphatic rings. The summed E-state index contributed by atoms with van der Waals surface area (Å²) in [7, 11) is -2.41. The van der Waals surface area contributed by atoms with Crippen LogP contribution in [0.3, 0.4) is 0 Å². The molecule has 2 aromatic carbocycles. The largest absolute Gasteiger partial charge is 0.490 e. The van der Waals surface area contributed by atoms with Crippen LogP contribution in [0.4, 0.5) is 5.69 Å². The summed E-state index contributed by atoms with van der Waals surface area (Å²) >= 11 is 6.40. The summed E-state index contributed by atoms with van der Waals surface area (Å²) in [5.74, 6) is -0.203. The highest BCUT2D eigenvalue weighted by Crippen LogP contribution is 2.48. The van der Waals surface area contributed by atoms with Crippen molar-refractivity contribution in [1.82, 2.24) is 9.62 Å². The number of anilines is 1. The molecule has 2 aliphatic carbocycles. The molecule has 0 radical (unpaired) electrons. The summed E-state index contributed by atoms with van der Waals surface area (Å²) < 4.78 is 41.3. The van der Waals surface area contributed by atoms with Gasteiger partial charge in [-0.3, -0.25) is 9.59 Å². The van der Waals surface area contributed by atoms with Crippen molar-refractivity contribution in [2.45, 2.75) is 108 Å². The van der Waals surface area contributed by atoms with Gasteiger partial charge in [0.2, 0.25) is 10.0 Å². The second kappa shape index (κ2) is 17.5. The van der Waals surface area contributed by atoms with Gasteiger partial charge in [0, 0.05) is 42.1 Å². The van der Waals surface area contributed by atoms with Gasteiger partial charge < -0.3 is 19.3 Å². The van der Waals surface area contributed by atoms with Gasteiger partial charge in [-0.05, 0) is 144 Å². The summed E-state index contributed by atoms with van der Waals surface area (Å²) in [6.45, 7) is 11.5. The molecule has 0 unspecified atom stereocenters.